The Bertz CT molecular complexity index is 691. The maximum atomic E-state index is 10.9. The molecule has 0 saturated carbocycles. The number of fused-ring (bicyclic) bond motifs is 1. The zero-order chi connectivity index (χ0) is 15.0. The first-order valence-electron chi connectivity index (χ1n) is 6.02. The Morgan fingerprint density at radius 1 is 0.905 bits per heavy atom. The van der Waals surface area contributed by atoms with E-state index < -0.39 is 21.2 Å². The molecule has 0 spiro atoms. The van der Waals surface area contributed by atoms with Gasteiger partial charge in [-0.2, -0.15) is 4.57 Å². The Balaban J connectivity index is 2.00. The molecule has 1 aliphatic heterocycles. The molecular weight excluding hydrogens is 278 g/mol. The third-order valence-corrected chi connectivity index (χ3v) is 3.13. The molecule has 2 N–H and O–H groups in total. The second-order valence-electron chi connectivity index (χ2n) is 4.41. The van der Waals surface area contributed by atoms with Crippen LogP contribution in [0.2, 0.25) is 0 Å². The number of nitro groups is 2. The predicted molar refractivity (Wildman–Crippen MR) is 72.7 cm³/mol. The van der Waals surface area contributed by atoms with Gasteiger partial charge in [0.15, 0.2) is 12.4 Å². The molecule has 0 saturated heterocycles. The van der Waals surface area contributed by atoms with Crippen molar-refractivity contribution in [1.29, 1.82) is 0 Å². The van der Waals surface area contributed by atoms with Gasteiger partial charge in [-0.1, -0.05) is 6.07 Å². The van der Waals surface area contributed by atoms with E-state index in [1.807, 2.05) is 18.2 Å². The molecule has 2 heterocycles. The molecule has 9 heteroatoms. The van der Waals surface area contributed by atoms with Gasteiger partial charge in [-0.25, -0.2) is 0 Å². The van der Waals surface area contributed by atoms with Crippen molar-refractivity contribution in [3.05, 3.63) is 63.0 Å². The van der Waals surface area contributed by atoms with Gasteiger partial charge in [-0.15, -0.1) is 0 Å². The average Bonchev–Trinajstić information content (AvgIpc) is 2.89. The van der Waals surface area contributed by atoms with Crippen molar-refractivity contribution >= 4 is 22.7 Å². The molecular formula is C12H10N5O4+. The van der Waals surface area contributed by atoms with Gasteiger partial charge in [0.2, 0.25) is 0 Å². The molecule has 1 aromatic heterocycles. The fourth-order valence-electron chi connectivity index (χ4n) is 2.17. The molecule has 21 heavy (non-hydrogen) atoms. The number of nitro benzene ring substituents is 2. The highest BCUT2D eigenvalue weighted by molar-refractivity contribution is 5.80. The number of nitrogens with zero attached hydrogens (tertiary/aromatic N) is 3. The summed E-state index contributed by atoms with van der Waals surface area (Å²) < 4.78 is 1.80. The molecule has 2 aromatic rings. The fourth-order valence-corrected chi connectivity index (χ4v) is 2.17. The second-order valence-corrected chi connectivity index (χ2v) is 4.41. The molecule has 0 amide bonds. The van der Waals surface area contributed by atoms with Gasteiger partial charge in [0, 0.05) is 24.3 Å². The number of pyridine rings is 1. The van der Waals surface area contributed by atoms with E-state index in [2.05, 4.69) is 10.6 Å². The van der Waals surface area contributed by atoms with Crippen molar-refractivity contribution in [2.75, 3.05) is 10.6 Å². The number of hydrogen-bond acceptors (Lipinski definition) is 6. The minimum atomic E-state index is -0.761. The van der Waals surface area contributed by atoms with Gasteiger partial charge in [0.25, 0.3) is 0 Å². The first-order valence-corrected chi connectivity index (χ1v) is 6.02. The second kappa shape index (κ2) is 4.71. The molecule has 0 unspecified atom stereocenters. The maximum absolute atomic E-state index is 10.9. The van der Waals surface area contributed by atoms with Gasteiger partial charge < -0.3 is 10.6 Å². The Hall–Kier alpha value is -3.23. The van der Waals surface area contributed by atoms with E-state index >= 15 is 0 Å². The van der Waals surface area contributed by atoms with Crippen LogP contribution in [0, 0.1) is 20.2 Å². The van der Waals surface area contributed by atoms with Crippen molar-refractivity contribution in [1.82, 2.24) is 0 Å². The third kappa shape index (κ3) is 2.20. The largest absolute Gasteiger partial charge is 0.348 e. The van der Waals surface area contributed by atoms with Crippen LogP contribution in [-0.4, -0.2) is 9.85 Å². The third-order valence-electron chi connectivity index (χ3n) is 3.13. The van der Waals surface area contributed by atoms with E-state index in [4.69, 9.17) is 0 Å². The Labute approximate surface area is 118 Å². The summed E-state index contributed by atoms with van der Waals surface area (Å²) in [6.45, 7) is 0. The minimum absolute atomic E-state index is 0.359. The molecule has 0 fully saturated rings. The van der Waals surface area contributed by atoms with Crippen LogP contribution < -0.4 is 15.2 Å². The van der Waals surface area contributed by atoms with E-state index in [1.165, 1.54) is 12.1 Å². The summed E-state index contributed by atoms with van der Waals surface area (Å²) in [4.78, 5) is 20.3. The molecule has 9 nitrogen and oxygen atoms in total. The lowest BCUT2D eigenvalue weighted by atomic mass is 10.2. The van der Waals surface area contributed by atoms with Crippen LogP contribution in [0.5, 0.6) is 0 Å². The van der Waals surface area contributed by atoms with Crippen LogP contribution in [0.3, 0.4) is 0 Å². The summed E-state index contributed by atoms with van der Waals surface area (Å²) in [7, 11) is 0. The van der Waals surface area contributed by atoms with Gasteiger partial charge in [0.1, 0.15) is 0 Å². The van der Waals surface area contributed by atoms with E-state index in [9.17, 15) is 20.2 Å². The topological polar surface area (TPSA) is 114 Å². The average molecular weight is 288 g/mol. The maximum Gasteiger partial charge on any atom is 0.348 e. The van der Waals surface area contributed by atoms with Crippen molar-refractivity contribution < 1.29 is 14.4 Å². The Morgan fingerprint density at radius 3 is 1.81 bits per heavy atom. The predicted octanol–water partition coefficient (Wildman–Crippen LogP) is 1.78. The minimum Gasteiger partial charge on any atom is -0.307 e. The summed E-state index contributed by atoms with van der Waals surface area (Å²) >= 11 is 0. The van der Waals surface area contributed by atoms with Crippen LogP contribution >= 0.6 is 0 Å². The summed E-state index contributed by atoms with van der Waals surface area (Å²) in [6, 6.07) is 7.86. The van der Waals surface area contributed by atoms with E-state index in [1.54, 1.807) is 17.0 Å². The highest BCUT2D eigenvalue weighted by Crippen LogP contribution is 2.40. The SMILES string of the molecule is O=[N+]([O-])c1cc2c(cc1[N+](=O)[O-])NC([n+]1ccccc1)N2. The number of aromatic nitrogens is 1. The Morgan fingerprint density at radius 2 is 1.38 bits per heavy atom. The van der Waals surface area contributed by atoms with Gasteiger partial charge in [-0.3, -0.25) is 20.2 Å². The van der Waals surface area contributed by atoms with Crippen molar-refractivity contribution in [3.8, 4) is 0 Å². The number of benzene rings is 1. The number of nitrogens with one attached hydrogen (secondary N) is 2. The quantitative estimate of drug-likeness (QED) is 0.505. The zero-order valence-corrected chi connectivity index (χ0v) is 10.6. The smallest absolute Gasteiger partial charge is 0.307 e. The lowest BCUT2D eigenvalue weighted by molar-refractivity contribution is -0.710. The van der Waals surface area contributed by atoms with Gasteiger partial charge in [0.05, 0.1) is 21.2 Å². The lowest BCUT2D eigenvalue weighted by Gasteiger charge is -2.05. The molecule has 0 radical (unpaired) electrons. The van der Waals surface area contributed by atoms with E-state index in [-0.39, 0.29) is 6.29 Å². The van der Waals surface area contributed by atoms with Crippen LogP contribution in [0.25, 0.3) is 0 Å². The van der Waals surface area contributed by atoms with Crippen LogP contribution in [0.15, 0.2) is 42.7 Å². The summed E-state index contributed by atoms with van der Waals surface area (Å²) in [5.74, 6) is 0. The van der Waals surface area contributed by atoms with Crippen LogP contribution in [0.1, 0.15) is 6.29 Å². The van der Waals surface area contributed by atoms with Crippen molar-refractivity contribution in [3.63, 3.8) is 0 Å². The van der Waals surface area contributed by atoms with Gasteiger partial charge >= 0.3 is 17.7 Å². The number of hydrogen-bond donors (Lipinski definition) is 2. The number of anilines is 2. The molecule has 0 atom stereocenters. The van der Waals surface area contributed by atoms with Gasteiger partial charge in [-0.05, 0) is 0 Å². The molecule has 0 aliphatic carbocycles. The highest BCUT2D eigenvalue weighted by Gasteiger charge is 2.33. The highest BCUT2D eigenvalue weighted by atomic mass is 16.6. The number of rotatable bonds is 3. The Kier molecular flexibility index (Phi) is 2.87. The summed E-state index contributed by atoms with van der Waals surface area (Å²) in [5, 5.41) is 27.9. The molecule has 3 rings (SSSR count). The van der Waals surface area contributed by atoms with E-state index in [0.29, 0.717) is 11.4 Å². The molecule has 106 valence electrons. The molecule has 1 aliphatic rings. The molecule has 0 bridgehead atoms. The first kappa shape index (κ1) is 12.8. The summed E-state index contributed by atoms with van der Waals surface area (Å²) in [6.07, 6.45) is 3.25. The fraction of sp³-hybridized carbons (Fsp3) is 0.0833. The van der Waals surface area contributed by atoms with Crippen LogP contribution in [0.4, 0.5) is 22.7 Å². The lowest BCUT2D eigenvalue weighted by Crippen LogP contribution is -2.45. The van der Waals surface area contributed by atoms with Crippen molar-refractivity contribution in [2.24, 2.45) is 0 Å². The molecule has 1 aromatic carbocycles. The zero-order valence-electron chi connectivity index (χ0n) is 10.6. The van der Waals surface area contributed by atoms with E-state index in [0.717, 1.165) is 0 Å². The monoisotopic (exact) mass is 288 g/mol. The standard InChI is InChI=1S/C12H10N5O4/c18-16(19)10-6-8-9(7-11(10)17(20)21)14-12(13-8)15-4-2-1-3-5-15/h1-7,12-14H/q+1. The normalized spacial score (nSPS) is 13.1. The summed E-state index contributed by atoms with van der Waals surface area (Å²) in [5.41, 5.74) is -0.166. The van der Waals surface area contributed by atoms with Crippen LogP contribution in [-0.2, 0) is 0 Å². The van der Waals surface area contributed by atoms with Crippen molar-refractivity contribution in [2.45, 2.75) is 6.29 Å². The first-order chi connectivity index (χ1) is 10.1.